The second-order valence-corrected chi connectivity index (χ2v) is 3.61. The summed E-state index contributed by atoms with van der Waals surface area (Å²) in [6, 6.07) is 0. The summed E-state index contributed by atoms with van der Waals surface area (Å²) in [5.41, 5.74) is 0. The van der Waals surface area contributed by atoms with Crippen LogP contribution in [0.3, 0.4) is 0 Å². The van der Waals surface area contributed by atoms with Gasteiger partial charge in [0.15, 0.2) is 0 Å². The Bertz CT molecular complexity index is 63.5. The molecule has 0 aromatic carbocycles. The van der Waals surface area contributed by atoms with Crippen LogP contribution >= 0.6 is 31.9 Å². The molecule has 0 rings (SSSR count). The zero-order valence-electron chi connectivity index (χ0n) is 6.52. The van der Waals surface area contributed by atoms with E-state index in [9.17, 15) is 0 Å². The topological polar surface area (TPSA) is 18.5 Å². The lowest BCUT2D eigenvalue weighted by atomic mass is 10.5. The van der Waals surface area contributed by atoms with Gasteiger partial charge < -0.3 is 9.47 Å². The minimum Gasteiger partial charge on any atom is -0.355 e. The van der Waals surface area contributed by atoms with E-state index in [1.807, 2.05) is 0 Å². The van der Waals surface area contributed by atoms with Crippen molar-refractivity contribution in [2.75, 3.05) is 30.7 Å². The van der Waals surface area contributed by atoms with Gasteiger partial charge in [-0.25, -0.2) is 0 Å². The van der Waals surface area contributed by atoms with Gasteiger partial charge >= 0.3 is 0 Å². The maximum atomic E-state index is 5.15. The van der Waals surface area contributed by atoms with Gasteiger partial charge in [-0.1, -0.05) is 31.9 Å². The Kier molecular flexibility index (Phi) is 11.8. The van der Waals surface area contributed by atoms with Gasteiger partial charge in [0.1, 0.15) is 6.79 Å². The number of rotatable bonds is 8. The molecule has 0 aromatic heterocycles. The van der Waals surface area contributed by atoms with Crippen LogP contribution < -0.4 is 0 Å². The molecule has 0 unspecified atom stereocenters. The highest BCUT2D eigenvalue weighted by molar-refractivity contribution is 9.09. The molecular weight excluding hydrogens is 276 g/mol. The first-order valence-corrected chi connectivity index (χ1v) is 5.93. The third-order valence-corrected chi connectivity index (χ3v) is 2.13. The molecule has 0 saturated carbocycles. The molecule has 0 amide bonds. The van der Waals surface area contributed by atoms with E-state index in [4.69, 9.17) is 9.47 Å². The second kappa shape index (κ2) is 10.9. The van der Waals surface area contributed by atoms with Crippen LogP contribution in [0.4, 0.5) is 0 Å². The second-order valence-electron chi connectivity index (χ2n) is 2.02. The summed E-state index contributed by atoms with van der Waals surface area (Å²) in [5.74, 6) is 0. The third-order valence-electron chi connectivity index (χ3n) is 1.01. The zero-order chi connectivity index (χ0) is 8.36. The van der Waals surface area contributed by atoms with Gasteiger partial charge in [0, 0.05) is 10.7 Å². The molecule has 0 atom stereocenters. The fraction of sp³-hybridized carbons (Fsp3) is 1.00. The average molecular weight is 290 g/mol. The minimum absolute atomic E-state index is 0.431. The van der Waals surface area contributed by atoms with E-state index < -0.39 is 0 Å². The van der Waals surface area contributed by atoms with Gasteiger partial charge in [0.2, 0.25) is 0 Å². The maximum absolute atomic E-state index is 5.15. The first kappa shape index (κ1) is 11.9. The van der Waals surface area contributed by atoms with Crippen LogP contribution in [-0.2, 0) is 9.47 Å². The minimum atomic E-state index is 0.431. The molecule has 0 spiro atoms. The Balaban J connectivity index is 2.69. The molecule has 68 valence electrons. The van der Waals surface area contributed by atoms with Crippen LogP contribution in [0.15, 0.2) is 0 Å². The Labute approximate surface area is 84.9 Å². The molecule has 0 heterocycles. The fourth-order valence-corrected chi connectivity index (χ4v) is 0.948. The van der Waals surface area contributed by atoms with E-state index in [1.165, 1.54) is 0 Å². The summed E-state index contributed by atoms with van der Waals surface area (Å²) in [6.07, 6.45) is 2.09. The van der Waals surface area contributed by atoms with Crippen molar-refractivity contribution in [1.29, 1.82) is 0 Å². The molecular formula is C7H14Br2O2. The monoisotopic (exact) mass is 288 g/mol. The van der Waals surface area contributed by atoms with E-state index in [0.29, 0.717) is 6.79 Å². The first-order chi connectivity index (χ1) is 5.41. The van der Waals surface area contributed by atoms with Crippen molar-refractivity contribution < 1.29 is 9.47 Å². The van der Waals surface area contributed by atoms with Crippen LogP contribution in [-0.4, -0.2) is 30.7 Å². The Hall–Kier alpha value is 0.880. The predicted octanol–water partition coefficient (Wildman–Crippen LogP) is 2.55. The Morgan fingerprint density at radius 2 is 1.27 bits per heavy atom. The van der Waals surface area contributed by atoms with Gasteiger partial charge in [-0.05, 0) is 12.8 Å². The van der Waals surface area contributed by atoms with Crippen molar-refractivity contribution in [2.24, 2.45) is 0 Å². The van der Waals surface area contributed by atoms with Crippen molar-refractivity contribution in [2.45, 2.75) is 12.8 Å². The quantitative estimate of drug-likeness (QED) is 0.388. The van der Waals surface area contributed by atoms with Gasteiger partial charge in [-0.15, -0.1) is 0 Å². The highest BCUT2D eigenvalue weighted by Gasteiger charge is 1.87. The first-order valence-electron chi connectivity index (χ1n) is 3.69. The lowest BCUT2D eigenvalue weighted by Gasteiger charge is -2.03. The fourth-order valence-electron chi connectivity index (χ4n) is 0.490. The lowest BCUT2D eigenvalue weighted by molar-refractivity contribution is -0.0526. The maximum Gasteiger partial charge on any atom is 0.146 e. The van der Waals surface area contributed by atoms with E-state index in [0.717, 1.165) is 36.7 Å². The van der Waals surface area contributed by atoms with Crippen LogP contribution in [0.25, 0.3) is 0 Å². The van der Waals surface area contributed by atoms with Crippen LogP contribution in [0.5, 0.6) is 0 Å². The smallest absolute Gasteiger partial charge is 0.146 e. The standard InChI is InChI=1S/C7H14Br2O2/c8-3-1-5-10-7-11-6-2-4-9/h1-7H2. The number of hydrogen-bond donors (Lipinski definition) is 0. The van der Waals surface area contributed by atoms with Crippen LogP contribution in [0, 0.1) is 0 Å². The molecule has 0 fully saturated rings. The average Bonchev–Trinajstić information content (AvgIpc) is 2.03. The van der Waals surface area contributed by atoms with E-state index in [1.54, 1.807) is 0 Å². The highest BCUT2D eigenvalue weighted by Crippen LogP contribution is 1.91. The van der Waals surface area contributed by atoms with Crippen LogP contribution in [0.1, 0.15) is 12.8 Å². The summed E-state index contributed by atoms with van der Waals surface area (Å²) in [7, 11) is 0. The Morgan fingerprint density at radius 3 is 1.64 bits per heavy atom. The number of halogens is 2. The normalized spacial score (nSPS) is 10.4. The summed E-state index contributed by atoms with van der Waals surface area (Å²) in [6.45, 7) is 1.99. The van der Waals surface area contributed by atoms with E-state index >= 15 is 0 Å². The van der Waals surface area contributed by atoms with Crippen molar-refractivity contribution in [1.82, 2.24) is 0 Å². The van der Waals surface area contributed by atoms with Crippen molar-refractivity contribution in [3.05, 3.63) is 0 Å². The van der Waals surface area contributed by atoms with Gasteiger partial charge in [-0.3, -0.25) is 0 Å². The van der Waals surface area contributed by atoms with E-state index in [-0.39, 0.29) is 0 Å². The molecule has 11 heavy (non-hydrogen) atoms. The largest absolute Gasteiger partial charge is 0.355 e. The molecule has 0 N–H and O–H groups in total. The third kappa shape index (κ3) is 10.9. The summed E-state index contributed by atoms with van der Waals surface area (Å²) in [4.78, 5) is 0. The highest BCUT2D eigenvalue weighted by atomic mass is 79.9. The molecule has 0 aliphatic rings. The number of hydrogen-bond acceptors (Lipinski definition) is 2. The molecule has 0 radical (unpaired) electrons. The molecule has 4 heteroatoms. The van der Waals surface area contributed by atoms with Crippen molar-refractivity contribution >= 4 is 31.9 Å². The Morgan fingerprint density at radius 1 is 0.818 bits per heavy atom. The molecule has 0 aromatic rings. The number of ether oxygens (including phenoxy) is 2. The number of alkyl halides is 2. The van der Waals surface area contributed by atoms with Gasteiger partial charge in [-0.2, -0.15) is 0 Å². The molecule has 0 aliphatic carbocycles. The zero-order valence-corrected chi connectivity index (χ0v) is 9.69. The van der Waals surface area contributed by atoms with Crippen molar-refractivity contribution in [3.63, 3.8) is 0 Å². The molecule has 0 aliphatic heterocycles. The summed E-state index contributed by atoms with van der Waals surface area (Å²) >= 11 is 6.63. The lowest BCUT2D eigenvalue weighted by Crippen LogP contribution is -2.03. The molecule has 0 bridgehead atoms. The molecule has 2 nitrogen and oxygen atoms in total. The summed E-state index contributed by atoms with van der Waals surface area (Å²) in [5, 5.41) is 1.99. The van der Waals surface area contributed by atoms with Crippen LogP contribution in [0.2, 0.25) is 0 Å². The summed E-state index contributed by atoms with van der Waals surface area (Å²) < 4.78 is 10.3. The van der Waals surface area contributed by atoms with Gasteiger partial charge in [0.25, 0.3) is 0 Å². The van der Waals surface area contributed by atoms with E-state index in [2.05, 4.69) is 31.9 Å². The molecule has 0 saturated heterocycles. The van der Waals surface area contributed by atoms with Crippen molar-refractivity contribution in [3.8, 4) is 0 Å². The predicted molar refractivity (Wildman–Crippen MR) is 53.6 cm³/mol. The van der Waals surface area contributed by atoms with Gasteiger partial charge in [0.05, 0.1) is 13.2 Å². The SMILES string of the molecule is BrCCCOCOCCCBr.